The van der Waals surface area contributed by atoms with Gasteiger partial charge < -0.3 is 9.13 Å². The van der Waals surface area contributed by atoms with E-state index < -0.39 is 0 Å². The average molecular weight is 882 g/mol. The minimum Gasteiger partial charge on any atom is -0.309 e. The number of aromatic nitrogens is 7. The van der Waals surface area contributed by atoms with Gasteiger partial charge in [0.1, 0.15) is 5.82 Å². The van der Waals surface area contributed by atoms with E-state index in [-0.39, 0.29) is 0 Å². The molecule has 0 saturated heterocycles. The van der Waals surface area contributed by atoms with E-state index in [0.29, 0.717) is 0 Å². The number of fused-ring (bicyclic) bond motifs is 9. The largest absolute Gasteiger partial charge is 0.309 e. The van der Waals surface area contributed by atoms with Crippen LogP contribution in [0, 0.1) is 0 Å². The topological polar surface area (TPSA) is 66.3 Å². The van der Waals surface area contributed by atoms with E-state index in [2.05, 4.69) is 220 Å². The van der Waals surface area contributed by atoms with Crippen LogP contribution in [0.3, 0.4) is 0 Å². The summed E-state index contributed by atoms with van der Waals surface area (Å²) in [5.41, 5.74) is 17.5. The van der Waals surface area contributed by atoms with Crippen LogP contribution >= 0.6 is 0 Å². The number of benzene rings is 8. The van der Waals surface area contributed by atoms with Crippen LogP contribution in [0.2, 0.25) is 0 Å². The van der Waals surface area contributed by atoms with Crippen molar-refractivity contribution in [3.05, 3.63) is 237 Å². The number of rotatable bonds is 7. The minimum atomic E-state index is 0.801. The first-order chi connectivity index (χ1) is 34.2. The molecule has 6 heterocycles. The van der Waals surface area contributed by atoms with E-state index >= 15 is 0 Å². The van der Waals surface area contributed by atoms with Crippen molar-refractivity contribution in [3.63, 3.8) is 0 Å². The molecule has 7 nitrogen and oxygen atoms in total. The Bertz CT molecular complexity index is 4240. The molecule has 0 amide bonds. The monoisotopic (exact) mass is 881 g/mol. The van der Waals surface area contributed by atoms with E-state index in [0.717, 1.165) is 117 Å². The lowest BCUT2D eigenvalue weighted by atomic mass is 10.0. The van der Waals surface area contributed by atoms with Crippen LogP contribution in [0.1, 0.15) is 0 Å². The Morgan fingerprint density at radius 1 is 0.290 bits per heavy atom. The standard InChI is InChI=1S/C62H39N7/c1-4-15-40(16-5-1)44-34-52(41-17-6-2-7-18-41)66-61(36-44)69-56-24-13-11-22-48(56)50-33-42(27-30-57(50)69)53-38-63-39-54(65-53)43-26-29-49-47-21-10-12-23-55(47)68(60(49)35-43)46-28-31-58-51(37-46)62-59(25-14-32-64-62)67(58)45-19-8-3-9-20-45/h1-39H. The molecule has 0 bridgehead atoms. The maximum atomic E-state index is 5.33. The molecular formula is C62H39N7. The fourth-order valence-corrected chi connectivity index (χ4v) is 10.4. The molecule has 69 heavy (non-hydrogen) atoms. The summed E-state index contributed by atoms with van der Waals surface area (Å²) in [7, 11) is 0. The first kappa shape index (κ1) is 38.8. The van der Waals surface area contributed by atoms with Gasteiger partial charge in [0.15, 0.2) is 0 Å². The van der Waals surface area contributed by atoms with Crippen molar-refractivity contribution in [2.45, 2.75) is 0 Å². The first-order valence-electron chi connectivity index (χ1n) is 23.2. The number of nitrogens with zero attached hydrogens (tertiary/aromatic N) is 7. The summed E-state index contributed by atoms with van der Waals surface area (Å²) in [6.07, 6.45) is 5.62. The zero-order valence-corrected chi connectivity index (χ0v) is 37.1. The van der Waals surface area contributed by atoms with Gasteiger partial charge in [0.05, 0.1) is 68.1 Å². The Labute approximate surface area is 396 Å². The molecule has 0 saturated carbocycles. The highest BCUT2D eigenvalue weighted by molar-refractivity contribution is 6.13. The van der Waals surface area contributed by atoms with Crippen LogP contribution < -0.4 is 0 Å². The zero-order chi connectivity index (χ0) is 45.4. The molecule has 0 unspecified atom stereocenters. The van der Waals surface area contributed by atoms with Gasteiger partial charge in [-0.3, -0.25) is 14.5 Å². The molecule has 6 aromatic heterocycles. The summed E-state index contributed by atoms with van der Waals surface area (Å²) in [6.45, 7) is 0. The summed E-state index contributed by atoms with van der Waals surface area (Å²) in [5.74, 6) is 0.860. The third-order valence-electron chi connectivity index (χ3n) is 13.6. The highest BCUT2D eigenvalue weighted by atomic mass is 15.1. The van der Waals surface area contributed by atoms with Gasteiger partial charge in [0.2, 0.25) is 0 Å². The number of pyridine rings is 2. The quantitative estimate of drug-likeness (QED) is 0.160. The van der Waals surface area contributed by atoms with E-state index in [1.807, 2.05) is 30.7 Å². The van der Waals surface area contributed by atoms with E-state index in [9.17, 15) is 0 Å². The van der Waals surface area contributed by atoms with Crippen molar-refractivity contribution in [2.24, 2.45) is 0 Å². The molecular weight excluding hydrogens is 843 g/mol. The second-order valence-electron chi connectivity index (χ2n) is 17.5. The summed E-state index contributed by atoms with van der Waals surface area (Å²) in [6, 6.07) is 77.3. The molecule has 0 aliphatic heterocycles. The summed E-state index contributed by atoms with van der Waals surface area (Å²) < 4.78 is 6.96. The van der Waals surface area contributed by atoms with Crippen LogP contribution in [-0.4, -0.2) is 33.6 Å². The minimum absolute atomic E-state index is 0.801. The SMILES string of the molecule is c1ccc(-c2cc(-c3ccccc3)nc(-n3c4ccccc4c4cc(-c5cncc(-c6ccc7c8ccccc8n(-c8ccc9c(c8)c8ncccc8n9-c8ccccc8)c7c6)n5)ccc43)c2)cc1. The molecule has 14 aromatic rings. The van der Waals surface area contributed by atoms with E-state index in [1.54, 1.807) is 0 Å². The molecule has 0 radical (unpaired) electrons. The third kappa shape index (κ3) is 6.29. The molecule has 0 spiro atoms. The highest BCUT2D eigenvalue weighted by Gasteiger charge is 2.20. The number of para-hydroxylation sites is 3. The predicted octanol–water partition coefficient (Wildman–Crippen LogP) is 15.2. The smallest absolute Gasteiger partial charge is 0.138 e. The molecule has 0 N–H and O–H groups in total. The average Bonchev–Trinajstić information content (AvgIpc) is 4.06. The van der Waals surface area contributed by atoms with Gasteiger partial charge in [-0.25, -0.2) is 9.97 Å². The van der Waals surface area contributed by atoms with Gasteiger partial charge in [-0.2, -0.15) is 0 Å². The lowest BCUT2D eigenvalue weighted by molar-refractivity contribution is 1.08. The van der Waals surface area contributed by atoms with Crippen molar-refractivity contribution in [2.75, 3.05) is 0 Å². The van der Waals surface area contributed by atoms with Gasteiger partial charge in [-0.1, -0.05) is 133 Å². The summed E-state index contributed by atoms with van der Waals surface area (Å²) >= 11 is 0. The molecule has 8 aromatic carbocycles. The molecule has 322 valence electrons. The van der Waals surface area contributed by atoms with Crippen molar-refractivity contribution in [3.8, 4) is 62.1 Å². The van der Waals surface area contributed by atoms with Gasteiger partial charge >= 0.3 is 0 Å². The molecule has 0 aliphatic rings. The lowest BCUT2D eigenvalue weighted by Gasteiger charge is -2.13. The highest BCUT2D eigenvalue weighted by Crippen LogP contribution is 2.40. The summed E-state index contributed by atoms with van der Waals surface area (Å²) in [4.78, 5) is 20.4. The number of hydrogen-bond acceptors (Lipinski definition) is 4. The Hall–Kier alpha value is -9.46. The van der Waals surface area contributed by atoms with Crippen LogP contribution in [0.25, 0.3) is 128 Å². The second-order valence-corrected chi connectivity index (χ2v) is 17.5. The van der Waals surface area contributed by atoms with E-state index in [1.165, 1.54) is 10.8 Å². The Morgan fingerprint density at radius 2 is 0.870 bits per heavy atom. The van der Waals surface area contributed by atoms with Gasteiger partial charge in [0, 0.05) is 61.2 Å². The fourth-order valence-electron chi connectivity index (χ4n) is 10.4. The normalized spacial score (nSPS) is 11.8. The molecule has 0 atom stereocenters. The van der Waals surface area contributed by atoms with Crippen molar-refractivity contribution >= 4 is 65.5 Å². The predicted molar refractivity (Wildman–Crippen MR) is 282 cm³/mol. The zero-order valence-electron chi connectivity index (χ0n) is 37.1. The van der Waals surface area contributed by atoms with Crippen molar-refractivity contribution < 1.29 is 0 Å². The molecule has 7 heteroatoms. The maximum absolute atomic E-state index is 5.33. The Kier molecular flexibility index (Phi) is 8.75. The number of hydrogen-bond donors (Lipinski definition) is 0. The third-order valence-corrected chi connectivity index (χ3v) is 13.6. The molecule has 14 rings (SSSR count). The maximum Gasteiger partial charge on any atom is 0.138 e. The van der Waals surface area contributed by atoms with Crippen LogP contribution in [0.15, 0.2) is 237 Å². The summed E-state index contributed by atoms with van der Waals surface area (Å²) in [5, 5.41) is 5.72. The van der Waals surface area contributed by atoms with Crippen molar-refractivity contribution in [1.82, 2.24) is 33.6 Å². The molecule has 0 fully saturated rings. The van der Waals surface area contributed by atoms with Crippen LogP contribution in [0.4, 0.5) is 0 Å². The van der Waals surface area contributed by atoms with Crippen LogP contribution in [0.5, 0.6) is 0 Å². The first-order valence-corrected chi connectivity index (χ1v) is 23.2. The Morgan fingerprint density at radius 3 is 1.65 bits per heavy atom. The van der Waals surface area contributed by atoms with Gasteiger partial charge in [0.25, 0.3) is 0 Å². The van der Waals surface area contributed by atoms with Gasteiger partial charge in [-0.15, -0.1) is 0 Å². The van der Waals surface area contributed by atoms with Crippen molar-refractivity contribution in [1.29, 1.82) is 0 Å². The second kappa shape index (κ2) is 15.6. The van der Waals surface area contributed by atoms with Crippen LogP contribution in [-0.2, 0) is 0 Å². The fraction of sp³-hybridized carbons (Fsp3) is 0. The lowest BCUT2D eigenvalue weighted by Crippen LogP contribution is -2.00. The Balaban J connectivity index is 0.890. The van der Waals surface area contributed by atoms with Gasteiger partial charge in [-0.05, 0) is 96.1 Å². The molecule has 0 aliphatic carbocycles. The van der Waals surface area contributed by atoms with E-state index in [4.69, 9.17) is 19.9 Å².